The average molecular weight is 303 g/mol. The molecule has 0 aliphatic carbocycles. The molecule has 0 saturated heterocycles. The molecule has 0 bridgehead atoms. The fraction of sp³-hybridized carbons (Fsp3) is 0.0556. The summed E-state index contributed by atoms with van der Waals surface area (Å²) in [6, 6.07) is 15.3. The monoisotopic (exact) mass is 303 g/mol. The molecular weight excluding hydrogens is 286 g/mol. The van der Waals surface area contributed by atoms with Gasteiger partial charge in [0.2, 0.25) is 0 Å². The van der Waals surface area contributed by atoms with E-state index in [9.17, 15) is 0 Å². The molecule has 0 spiro atoms. The number of rotatable bonds is 4. The Morgan fingerprint density at radius 1 is 1.13 bits per heavy atom. The van der Waals surface area contributed by atoms with Gasteiger partial charge in [0.05, 0.1) is 0 Å². The van der Waals surface area contributed by atoms with E-state index in [4.69, 9.17) is 11.1 Å². The van der Waals surface area contributed by atoms with Gasteiger partial charge in [-0.2, -0.15) is 0 Å². The minimum atomic E-state index is 0.578. The average Bonchev–Trinajstić information content (AvgIpc) is 2.57. The quantitative estimate of drug-likeness (QED) is 0.505. The fourth-order valence-corrected chi connectivity index (χ4v) is 2.31. The third kappa shape index (κ3) is 3.18. The lowest BCUT2D eigenvalue weighted by Crippen LogP contribution is -1.99. The molecule has 4 N–H and O–H groups in total. The van der Waals surface area contributed by atoms with Crippen LogP contribution in [-0.4, -0.2) is 16.2 Å². The van der Waals surface area contributed by atoms with E-state index in [1.807, 2.05) is 49.4 Å². The summed E-state index contributed by atoms with van der Waals surface area (Å²) in [4.78, 5) is 8.92. The fourth-order valence-electron chi connectivity index (χ4n) is 2.31. The van der Waals surface area contributed by atoms with E-state index in [0.29, 0.717) is 22.9 Å². The summed E-state index contributed by atoms with van der Waals surface area (Å²) in [5, 5.41) is 10.6. The largest absolute Gasteiger partial charge is 0.398 e. The first kappa shape index (κ1) is 14.7. The van der Waals surface area contributed by atoms with E-state index in [0.717, 1.165) is 16.8 Å². The molecule has 0 fully saturated rings. The molecule has 5 nitrogen and oxygen atoms in total. The van der Waals surface area contributed by atoms with Crippen molar-refractivity contribution < 1.29 is 0 Å². The van der Waals surface area contributed by atoms with Crippen molar-refractivity contribution in [3.63, 3.8) is 0 Å². The molecule has 1 heterocycles. The Bertz CT molecular complexity index is 858. The van der Waals surface area contributed by atoms with Crippen LogP contribution in [0.3, 0.4) is 0 Å². The first-order chi connectivity index (χ1) is 11.2. The Morgan fingerprint density at radius 3 is 2.74 bits per heavy atom. The first-order valence-corrected chi connectivity index (χ1v) is 7.23. The second-order valence-electron chi connectivity index (χ2n) is 5.19. The first-order valence-electron chi connectivity index (χ1n) is 7.23. The molecule has 3 aromatic rings. The zero-order valence-corrected chi connectivity index (χ0v) is 12.7. The predicted molar refractivity (Wildman–Crippen MR) is 94.2 cm³/mol. The lowest BCUT2D eigenvalue weighted by molar-refractivity contribution is 1.17. The van der Waals surface area contributed by atoms with Crippen molar-refractivity contribution in [1.82, 2.24) is 9.97 Å². The molecule has 0 saturated carbocycles. The lowest BCUT2D eigenvalue weighted by atomic mass is 10.1. The number of aromatic nitrogens is 2. The van der Waals surface area contributed by atoms with E-state index in [-0.39, 0.29) is 0 Å². The molecule has 0 amide bonds. The topological polar surface area (TPSA) is 87.7 Å². The van der Waals surface area contributed by atoms with Crippen LogP contribution in [0.5, 0.6) is 0 Å². The van der Waals surface area contributed by atoms with Crippen molar-refractivity contribution in [2.24, 2.45) is 0 Å². The summed E-state index contributed by atoms with van der Waals surface area (Å²) < 4.78 is 0. The van der Waals surface area contributed by atoms with E-state index in [1.165, 1.54) is 6.21 Å². The molecule has 5 heteroatoms. The molecule has 0 atom stereocenters. The summed E-state index contributed by atoms with van der Waals surface area (Å²) in [7, 11) is 0. The number of anilines is 3. The highest BCUT2D eigenvalue weighted by molar-refractivity contribution is 5.87. The summed E-state index contributed by atoms with van der Waals surface area (Å²) in [6.07, 6.45) is 2.96. The van der Waals surface area contributed by atoms with Gasteiger partial charge in [-0.3, -0.25) is 0 Å². The van der Waals surface area contributed by atoms with Crippen LogP contribution in [0, 0.1) is 12.3 Å². The minimum absolute atomic E-state index is 0.578. The molecule has 0 radical (unpaired) electrons. The van der Waals surface area contributed by atoms with Crippen molar-refractivity contribution in [2.45, 2.75) is 6.92 Å². The van der Waals surface area contributed by atoms with E-state index < -0.39 is 0 Å². The molecule has 0 aliphatic heterocycles. The van der Waals surface area contributed by atoms with E-state index in [1.54, 1.807) is 12.3 Å². The highest BCUT2D eigenvalue weighted by Crippen LogP contribution is 2.23. The maximum Gasteiger partial charge on any atom is 0.161 e. The van der Waals surface area contributed by atoms with E-state index >= 15 is 0 Å². The minimum Gasteiger partial charge on any atom is -0.398 e. The Balaban J connectivity index is 1.92. The van der Waals surface area contributed by atoms with Crippen molar-refractivity contribution in [2.75, 3.05) is 11.1 Å². The smallest absolute Gasteiger partial charge is 0.161 e. The Labute approximate surface area is 134 Å². The Kier molecular flexibility index (Phi) is 4.01. The normalized spacial score (nSPS) is 10.3. The number of nitrogens with one attached hydrogen (secondary N) is 2. The number of benzene rings is 2. The second kappa shape index (κ2) is 6.27. The van der Waals surface area contributed by atoms with Crippen molar-refractivity contribution in [3.05, 3.63) is 65.9 Å². The number of hydrogen-bond donors (Lipinski definition) is 3. The van der Waals surface area contributed by atoms with Gasteiger partial charge in [-0.05, 0) is 36.8 Å². The number of nitrogens with two attached hydrogens (primary N) is 1. The van der Waals surface area contributed by atoms with Crippen LogP contribution in [0.4, 0.5) is 17.2 Å². The maximum absolute atomic E-state index is 7.37. The zero-order valence-electron chi connectivity index (χ0n) is 12.7. The number of aryl methyl sites for hydroxylation is 1. The van der Waals surface area contributed by atoms with Crippen molar-refractivity contribution in [1.29, 1.82) is 5.41 Å². The molecule has 1 aromatic heterocycles. The second-order valence-corrected chi connectivity index (χ2v) is 5.19. The number of hydrogen-bond acceptors (Lipinski definition) is 5. The summed E-state index contributed by atoms with van der Waals surface area (Å²) in [6.45, 7) is 2.04. The van der Waals surface area contributed by atoms with Crippen LogP contribution in [0.1, 0.15) is 11.1 Å². The molecule has 0 unspecified atom stereocenters. The van der Waals surface area contributed by atoms with Gasteiger partial charge in [0.25, 0.3) is 0 Å². The van der Waals surface area contributed by atoms with Gasteiger partial charge >= 0.3 is 0 Å². The summed E-state index contributed by atoms with van der Waals surface area (Å²) >= 11 is 0. The van der Waals surface area contributed by atoms with Crippen molar-refractivity contribution in [3.8, 4) is 11.4 Å². The van der Waals surface area contributed by atoms with Crippen LogP contribution >= 0.6 is 0 Å². The van der Waals surface area contributed by atoms with Gasteiger partial charge in [0, 0.05) is 34.9 Å². The highest BCUT2D eigenvalue weighted by atomic mass is 15.0. The Morgan fingerprint density at radius 2 is 1.96 bits per heavy atom. The SMILES string of the molecule is Cc1ccccc1-c1nccc(Nc2ccc(N)c(C=N)c2)n1. The van der Waals surface area contributed by atoms with Crippen molar-refractivity contribution >= 4 is 23.4 Å². The summed E-state index contributed by atoms with van der Waals surface area (Å²) in [5.41, 5.74) is 10.0. The maximum atomic E-state index is 7.37. The Hall–Kier alpha value is -3.21. The molecule has 3 rings (SSSR count). The predicted octanol–water partition coefficient (Wildman–Crippen LogP) is 3.78. The summed E-state index contributed by atoms with van der Waals surface area (Å²) in [5.74, 6) is 1.37. The van der Waals surface area contributed by atoms with Gasteiger partial charge in [-0.25, -0.2) is 9.97 Å². The van der Waals surface area contributed by atoms with Crippen LogP contribution in [-0.2, 0) is 0 Å². The van der Waals surface area contributed by atoms with Gasteiger partial charge in [0.15, 0.2) is 5.82 Å². The van der Waals surface area contributed by atoms with Gasteiger partial charge < -0.3 is 16.5 Å². The third-order valence-electron chi connectivity index (χ3n) is 3.56. The van der Waals surface area contributed by atoms with E-state index in [2.05, 4.69) is 15.3 Å². The van der Waals surface area contributed by atoms with Crippen LogP contribution in [0.2, 0.25) is 0 Å². The third-order valence-corrected chi connectivity index (χ3v) is 3.56. The zero-order chi connectivity index (χ0) is 16.2. The van der Waals surface area contributed by atoms with Crippen LogP contribution in [0.25, 0.3) is 11.4 Å². The molecule has 114 valence electrons. The molecular formula is C18H17N5. The number of nitrogen functional groups attached to an aromatic ring is 1. The molecule has 0 aliphatic rings. The van der Waals surface area contributed by atoms with Gasteiger partial charge in [0.1, 0.15) is 5.82 Å². The number of nitrogens with zero attached hydrogens (tertiary/aromatic N) is 2. The molecule has 23 heavy (non-hydrogen) atoms. The molecule has 2 aromatic carbocycles. The lowest BCUT2D eigenvalue weighted by Gasteiger charge is -2.10. The highest BCUT2D eigenvalue weighted by Gasteiger charge is 2.06. The van der Waals surface area contributed by atoms with Gasteiger partial charge in [-0.1, -0.05) is 24.3 Å². The standard InChI is InChI=1S/C18H17N5/c1-12-4-2-3-5-15(12)18-21-9-8-17(23-18)22-14-6-7-16(20)13(10-14)11-19/h2-11,19H,20H2,1H3,(H,21,22,23). The van der Waals surface area contributed by atoms with Crippen LogP contribution < -0.4 is 11.1 Å². The van der Waals surface area contributed by atoms with Crippen LogP contribution in [0.15, 0.2) is 54.7 Å². The van der Waals surface area contributed by atoms with Gasteiger partial charge in [-0.15, -0.1) is 0 Å².